The quantitative estimate of drug-likeness (QED) is 0.785. The van der Waals surface area contributed by atoms with Gasteiger partial charge in [0, 0.05) is 15.8 Å². The van der Waals surface area contributed by atoms with Crippen LogP contribution in [-0.4, -0.2) is 4.75 Å². The molecule has 90 valence electrons. The third kappa shape index (κ3) is 4.00. The van der Waals surface area contributed by atoms with Gasteiger partial charge in [0.15, 0.2) is 0 Å². The maximum Gasteiger partial charge on any atom is 0.0438 e. The Morgan fingerprint density at radius 1 is 1.31 bits per heavy atom. The third-order valence-corrected chi connectivity index (χ3v) is 3.81. The molecule has 0 saturated heterocycles. The van der Waals surface area contributed by atoms with Gasteiger partial charge in [0.25, 0.3) is 0 Å². The van der Waals surface area contributed by atoms with Crippen LogP contribution in [0.4, 0.5) is 0 Å². The highest BCUT2D eigenvalue weighted by molar-refractivity contribution is 7.98. The molecular weight excluding hydrogens is 238 g/mol. The third-order valence-electron chi connectivity index (χ3n) is 2.32. The number of nitrogens with one attached hydrogen (secondary N) is 1. The summed E-state index contributed by atoms with van der Waals surface area (Å²) in [6, 6.07) is 6.37. The molecular formula is C13H20ClNS. The molecule has 16 heavy (non-hydrogen) atoms. The van der Waals surface area contributed by atoms with Crippen LogP contribution in [0.15, 0.2) is 18.2 Å². The first-order valence-corrected chi connectivity index (χ1v) is 6.69. The number of halogens is 1. The van der Waals surface area contributed by atoms with E-state index in [4.69, 9.17) is 11.6 Å². The van der Waals surface area contributed by atoms with Crippen molar-refractivity contribution < 1.29 is 0 Å². The Balaban J connectivity index is 2.73. The molecule has 0 aromatic heterocycles. The fourth-order valence-electron chi connectivity index (χ4n) is 1.42. The van der Waals surface area contributed by atoms with Crippen molar-refractivity contribution in [3.8, 4) is 0 Å². The van der Waals surface area contributed by atoms with Gasteiger partial charge in [-0.3, -0.25) is 4.72 Å². The van der Waals surface area contributed by atoms with Gasteiger partial charge in [0.1, 0.15) is 0 Å². The van der Waals surface area contributed by atoms with Gasteiger partial charge in [-0.2, -0.15) is 0 Å². The fourth-order valence-corrected chi connectivity index (χ4v) is 2.26. The number of hydrogen-bond donors (Lipinski definition) is 1. The maximum absolute atomic E-state index is 6.11. The number of hydrogen-bond acceptors (Lipinski definition) is 2. The van der Waals surface area contributed by atoms with E-state index in [9.17, 15) is 0 Å². The van der Waals surface area contributed by atoms with Gasteiger partial charge in [-0.25, -0.2) is 0 Å². The lowest BCUT2D eigenvalue weighted by atomic mass is 10.0. The van der Waals surface area contributed by atoms with Crippen LogP contribution in [0.5, 0.6) is 0 Å². The molecule has 0 fully saturated rings. The van der Waals surface area contributed by atoms with Crippen molar-refractivity contribution in [3.05, 3.63) is 34.3 Å². The van der Waals surface area contributed by atoms with E-state index in [1.807, 2.05) is 12.1 Å². The van der Waals surface area contributed by atoms with Gasteiger partial charge in [-0.05, 0) is 51.8 Å². The van der Waals surface area contributed by atoms with Crippen molar-refractivity contribution in [1.82, 2.24) is 4.72 Å². The first-order chi connectivity index (χ1) is 7.31. The molecule has 0 bridgehead atoms. The van der Waals surface area contributed by atoms with Crippen LogP contribution in [0.2, 0.25) is 5.02 Å². The van der Waals surface area contributed by atoms with Gasteiger partial charge in [-0.1, -0.05) is 35.7 Å². The van der Waals surface area contributed by atoms with Crippen LogP contribution >= 0.6 is 23.5 Å². The maximum atomic E-state index is 6.11. The molecule has 1 nitrogen and oxygen atoms in total. The fraction of sp³-hybridized carbons (Fsp3) is 0.538. The molecule has 0 aliphatic heterocycles. The Morgan fingerprint density at radius 2 is 1.94 bits per heavy atom. The molecule has 0 unspecified atom stereocenters. The van der Waals surface area contributed by atoms with E-state index in [-0.39, 0.29) is 4.75 Å². The summed E-state index contributed by atoms with van der Waals surface area (Å²) >= 11 is 7.87. The monoisotopic (exact) mass is 257 g/mol. The first kappa shape index (κ1) is 13.9. The smallest absolute Gasteiger partial charge is 0.0438 e. The summed E-state index contributed by atoms with van der Waals surface area (Å²) in [6.07, 6.45) is 0. The SMILES string of the molecule is Cc1c(Cl)cccc1[C@@H](C)NSC(C)(C)C. The normalized spacial score (nSPS) is 13.9. The largest absolute Gasteiger partial charge is 0.256 e. The lowest BCUT2D eigenvalue weighted by Crippen LogP contribution is -2.20. The Hall–Kier alpha value is -0.180. The highest BCUT2D eigenvalue weighted by Gasteiger charge is 2.15. The van der Waals surface area contributed by atoms with Crippen molar-refractivity contribution in [2.24, 2.45) is 0 Å². The molecule has 0 amide bonds. The number of rotatable bonds is 3. The van der Waals surface area contributed by atoms with Crippen molar-refractivity contribution in [2.75, 3.05) is 0 Å². The second-order valence-electron chi connectivity index (χ2n) is 5.01. The second kappa shape index (κ2) is 5.44. The zero-order valence-corrected chi connectivity index (χ0v) is 12.2. The minimum atomic E-state index is 0.223. The molecule has 0 heterocycles. The summed E-state index contributed by atoms with van der Waals surface area (Å²) in [5.74, 6) is 0. The van der Waals surface area contributed by atoms with Gasteiger partial charge >= 0.3 is 0 Å². The van der Waals surface area contributed by atoms with Crippen LogP contribution in [-0.2, 0) is 0 Å². The van der Waals surface area contributed by atoms with Gasteiger partial charge in [0.2, 0.25) is 0 Å². The molecule has 1 aromatic rings. The first-order valence-electron chi connectivity index (χ1n) is 5.50. The summed E-state index contributed by atoms with van der Waals surface area (Å²) in [4.78, 5) is 0. The predicted molar refractivity (Wildman–Crippen MR) is 75.1 cm³/mol. The Bertz CT molecular complexity index is 357. The summed E-state index contributed by atoms with van der Waals surface area (Å²) < 4.78 is 3.69. The topological polar surface area (TPSA) is 12.0 Å². The molecule has 0 saturated carbocycles. The van der Waals surface area contributed by atoms with Crippen LogP contribution in [0.1, 0.15) is 44.9 Å². The van der Waals surface area contributed by atoms with E-state index < -0.39 is 0 Å². The molecule has 0 aliphatic rings. The average Bonchev–Trinajstić information content (AvgIpc) is 2.17. The molecule has 1 aromatic carbocycles. The Kier molecular flexibility index (Phi) is 4.72. The highest BCUT2D eigenvalue weighted by Crippen LogP contribution is 2.28. The molecule has 1 rings (SSSR count). The van der Waals surface area contributed by atoms with Crippen LogP contribution in [0.3, 0.4) is 0 Å². The summed E-state index contributed by atoms with van der Waals surface area (Å²) in [5.41, 5.74) is 2.43. The van der Waals surface area contributed by atoms with Crippen LogP contribution in [0.25, 0.3) is 0 Å². The van der Waals surface area contributed by atoms with E-state index in [2.05, 4.69) is 45.4 Å². The van der Waals surface area contributed by atoms with Gasteiger partial charge in [0.05, 0.1) is 0 Å². The molecule has 0 spiro atoms. The van der Waals surface area contributed by atoms with E-state index >= 15 is 0 Å². The lowest BCUT2D eigenvalue weighted by molar-refractivity contribution is 0.720. The molecule has 3 heteroatoms. The zero-order valence-electron chi connectivity index (χ0n) is 10.6. The van der Waals surface area contributed by atoms with Gasteiger partial charge < -0.3 is 0 Å². The second-order valence-corrected chi connectivity index (χ2v) is 7.08. The van der Waals surface area contributed by atoms with Crippen molar-refractivity contribution in [3.63, 3.8) is 0 Å². The molecule has 0 aliphatic carbocycles. The van der Waals surface area contributed by atoms with Crippen molar-refractivity contribution in [1.29, 1.82) is 0 Å². The van der Waals surface area contributed by atoms with Gasteiger partial charge in [-0.15, -0.1) is 0 Å². The van der Waals surface area contributed by atoms with Crippen LogP contribution in [0, 0.1) is 6.92 Å². The van der Waals surface area contributed by atoms with Crippen molar-refractivity contribution in [2.45, 2.75) is 45.4 Å². The Labute approximate surface area is 108 Å². The minimum Gasteiger partial charge on any atom is -0.256 e. The summed E-state index contributed by atoms with van der Waals surface area (Å²) in [5, 5.41) is 0.840. The zero-order chi connectivity index (χ0) is 12.3. The standard InChI is InChI=1S/C13H20ClNS/c1-9-11(7-6-8-12(9)14)10(2)15-16-13(3,4)5/h6-8,10,15H,1-5H3/t10-/m1/s1. The average molecular weight is 258 g/mol. The minimum absolute atomic E-state index is 0.223. The van der Waals surface area contributed by atoms with E-state index in [1.165, 1.54) is 11.1 Å². The molecule has 0 radical (unpaired) electrons. The highest BCUT2D eigenvalue weighted by atomic mass is 35.5. The van der Waals surface area contributed by atoms with E-state index in [0.29, 0.717) is 6.04 Å². The molecule has 1 atom stereocenters. The summed E-state index contributed by atoms with van der Waals surface area (Å²) in [7, 11) is 0. The number of benzene rings is 1. The summed E-state index contributed by atoms with van der Waals surface area (Å²) in [6.45, 7) is 10.8. The van der Waals surface area contributed by atoms with E-state index in [1.54, 1.807) is 11.9 Å². The van der Waals surface area contributed by atoms with E-state index in [0.717, 1.165) is 5.02 Å². The molecule has 1 N–H and O–H groups in total. The predicted octanol–water partition coefficient (Wildman–Crippen LogP) is 4.75. The Morgan fingerprint density at radius 3 is 2.50 bits per heavy atom. The van der Waals surface area contributed by atoms with Crippen LogP contribution < -0.4 is 4.72 Å². The van der Waals surface area contributed by atoms with Crippen molar-refractivity contribution >= 4 is 23.5 Å². The lowest BCUT2D eigenvalue weighted by Gasteiger charge is -2.23.